The van der Waals surface area contributed by atoms with E-state index < -0.39 is 5.97 Å². The first-order valence-corrected chi connectivity index (χ1v) is 6.99. The van der Waals surface area contributed by atoms with Gasteiger partial charge in [0.2, 0.25) is 0 Å². The zero-order valence-electron chi connectivity index (χ0n) is 11.7. The van der Waals surface area contributed by atoms with Gasteiger partial charge in [-0.05, 0) is 18.6 Å². The van der Waals surface area contributed by atoms with Crippen LogP contribution in [0.15, 0.2) is 24.3 Å². The number of carboxylic acids is 1. The molecule has 20 heavy (non-hydrogen) atoms. The van der Waals surface area contributed by atoms with Gasteiger partial charge in [-0.1, -0.05) is 19.1 Å². The summed E-state index contributed by atoms with van der Waals surface area (Å²) in [7, 11) is 0. The minimum Gasteiger partial charge on any atom is -0.491 e. The fourth-order valence-corrected chi connectivity index (χ4v) is 2.40. The molecular weight excluding hydrogens is 258 g/mol. The third kappa shape index (κ3) is 3.71. The molecule has 0 aromatic heterocycles. The summed E-state index contributed by atoms with van der Waals surface area (Å²) < 4.78 is 11.1. The van der Waals surface area contributed by atoms with Gasteiger partial charge in [-0.25, -0.2) is 4.79 Å². The van der Waals surface area contributed by atoms with Crippen LogP contribution in [-0.2, 0) is 4.74 Å². The number of nitrogens with zero attached hydrogens (tertiary/aromatic N) is 1. The lowest BCUT2D eigenvalue weighted by Gasteiger charge is -2.34. The van der Waals surface area contributed by atoms with E-state index in [0.29, 0.717) is 18.4 Å². The zero-order chi connectivity index (χ0) is 14.4. The van der Waals surface area contributed by atoms with Crippen molar-refractivity contribution in [3.05, 3.63) is 29.8 Å². The first-order chi connectivity index (χ1) is 9.72. The van der Waals surface area contributed by atoms with E-state index >= 15 is 0 Å². The topological polar surface area (TPSA) is 59.0 Å². The van der Waals surface area contributed by atoms with Crippen molar-refractivity contribution in [1.82, 2.24) is 4.90 Å². The molecule has 1 aromatic carbocycles. The molecular formula is C15H21NO4. The van der Waals surface area contributed by atoms with Gasteiger partial charge in [0.15, 0.2) is 0 Å². The highest BCUT2D eigenvalue weighted by Gasteiger charge is 2.21. The van der Waals surface area contributed by atoms with Crippen LogP contribution in [0.1, 0.15) is 23.7 Å². The number of rotatable bonds is 6. The molecule has 1 N–H and O–H groups in total. The lowest BCUT2D eigenvalue weighted by atomic mass is 10.2. The van der Waals surface area contributed by atoms with Gasteiger partial charge >= 0.3 is 5.97 Å². The summed E-state index contributed by atoms with van der Waals surface area (Å²) in [5.41, 5.74) is 0.210. The number of carbonyl (C=O) groups is 1. The van der Waals surface area contributed by atoms with Crippen molar-refractivity contribution in [3.8, 4) is 5.75 Å². The number of hydrogen-bond donors (Lipinski definition) is 1. The van der Waals surface area contributed by atoms with Crippen LogP contribution in [-0.4, -0.2) is 54.9 Å². The van der Waals surface area contributed by atoms with E-state index in [9.17, 15) is 4.79 Å². The SMILES string of the molecule is CC[C@@H]1COCCN1CCOc1ccccc1C(=O)O. The molecule has 0 saturated carbocycles. The highest BCUT2D eigenvalue weighted by molar-refractivity contribution is 5.90. The third-order valence-corrected chi connectivity index (χ3v) is 3.57. The molecule has 2 rings (SSSR count). The van der Waals surface area contributed by atoms with Crippen molar-refractivity contribution in [1.29, 1.82) is 0 Å². The van der Waals surface area contributed by atoms with E-state index in [1.165, 1.54) is 0 Å². The normalized spacial score (nSPS) is 19.8. The second kappa shape index (κ2) is 7.26. The van der Waals surface area contributed by atoms with Crippen LogP contribution in [0.4, 0.5) is 0 Å². The van der Waals surface area contributed by atoms with Crippen LogP contribution < -0.4 is 4.74 Å². The fraction of sp³-hybridized carbons (Fsp3) is 0.533. The van der Waals surface area contributed by atoms with E-state index in [-0.39, 0.29) is 5.56 Å². The molecule has 0 radical (unpaired) electrons. The molecule has 0 unspecified atom stereocenters. The lowest BCUT2D eigenvalue weighted by Crippen LogP contribution is -2.46. The number of aromatic carboxylic acids is 1. The maximum atomic E-state index is 11.1. The number of hydrogen-bond acceptors (Lipinski definition) is 4. The Labute approximate surface area is 119 Å². The Bertz CT molecular complexity index is 449. The molecule has 110 valence electrons. The molecule has 0 spiro atoms. The molecule has 1 aliphatic heterocycles. The largest absolute Gasteiger partial charge is 0.491 e. The van der Waals surface area contributed by atoms with Crippen molar-refractivity contribution in [2.24, 2.45) is 0 Å². The van der Waals surface area contributed by atoms with Gasteiger partial charge in [0.25, 0.3) is 0 Å². The average Bonchev–Trinajstić information content (AvgIpc) is 2.48. The number of carboxylic acid groups (broad SMARTS) is 1. The molecule has 1 atom stereocenters. The lowest BCUT2D eigenvalue weighted by molar-refractivity contribution is -0.0133. The third-order valence-electron chi connectivity index (χ3n) is 3.57. The van der Waals surface area contributed by atoms with Gasteiger partial charge in [-0.15, -0.1) is 0 Å². The molecule has 1 saturated heterocycles. The van der Waals surface area contributed by atoms with E-state index in [2.05, 4.69) is 11.8 Å². The molecule has 0 aliphatic carbocycles. The van der Waals surface area contributed by atoms with E-state index in [1.54, 1.807) is 24.3 Å². The van der Waals surface area contributed by atoms with E-state index in [4.69, 9.17) is 14.6 Å². The summed E-state index contributed by atoms with van der Waals surface area (Å²) >= 11 is 0. The van der Waals surface area contributed by atoms with Crippen LogP contribution in [0.5, 0.6) is 5.75 Å². The molecule has 1 aromatic rings. The first kappa shape index (κ1) is 14.8. The van der Waals surface area contributed by atoms with Gasteiger partial charge < -0.3 is 14.6 Å². The maximum absolute atomic E-state index is 11.1. The van der Waals surface area contributed by atoms with Gasteiger partial charge in [0, 0.05) is 19.1 Å². The van der Waals surface area contributed by atoms with Crippen molar-refractivity contribution in [2.45, 2.75) is 19.4 Å². The van der Waals surface area contributed by atoms with Gasteiger partial charge in [0.05, 0.1) is 13.2 Å². The molecule has 0 amide bonds. The second-order valence-corrected chi connectivity index (χ2v) is 4.82. The summed E-state index contributed by atoms with van der Waals surface area (Å²) in [6.07, 6.45) is 1.05. The summed E-state index contributed by atoms with van der Waals surface area (Å²) in [4.78, 5) is 13.4. The highest BCUT2D eigenvalue weighted by Crippen LogP contribution is 2.18. The molecule has 1 fully saturated rings. The van der Waals surface area contributed by atoms with Crippen molar-refractivity contribution in [3.63, 3.8) is 0 Å². The molecule has 0 bridgehead atoms. The highest BCUT2D eigenvalue weighted by atomic mass is 16.5. The Morgan fingerprint density at radius 3 is 3.05 bits per heavy atom. The quantitative estimate of drug-likeness (QED) is 0.861. The first-order valence-electron chi connectivity index (χ1n) is 6.99. The van der Waals surface area contributed by atoms with Gasteiger partial charge in [-0.2, -0.15) is 0 Å². The number of para-hydroxylation sites is 1. The fourth-order valence-electron chi connectivity index (χ4n) is 2.40. The Morgan fingerprint density at radius 2 is 2.30 bits per heavy atom. The zero-order valence-corrected chi connectivity index (χ0v) is 11.7. The minimum absolute atomic E-state index is 0.210. The summed E-state index contributed by atoms with van der Waals surface area (Å²) in [5, 5.41) is 9.09. The maximum Gasteiger partial charge on any atom is 0.339 e. The standard InChI is InChI=1S/C15H21NO4/c1-2-12-11-19-9-7-16(12)8-10-20-14-6-4-3-5-13(14)15(17)18/h3-6,12H,2,7-11H2,1H3,(H,17,18)/t12-/m1/s1. The molecule has 5 nitrogen and oxygen atoms in total. The molecule has 1 aliphatic rings. The van der Waals surface area contributed by atoms with Gasteiger partial charge in [0.1, 0.15) is 17.9 Å². The van der Waals surface area contributed by atoms with Crippen molar-refractivity contribution < 1.29 is 19.4 Å². The van der Waals surface area contributed by atoms with Crippen LogP contribution >= 0.6 is 0 Å². The number of ether oxygens (including phenoxy) is 2. The Hall–Kier alpha value is -1.59. The van der Waals surface area contributed by atoms with Crippen LogP contribution in [0, 0.1) is 0 Å². The number of morpholine rings is 1. The Morgan fingerprint density at radius 1 is 1.50 bits per heavy atom. The molecule has 1 heterocycles. The van der Waals surface area contributed by atoms with Crippen LogP contribution in [0.3, 0.4) is 0 Å². The Kier molecular flexibility index (Phi) is 5.38. The van der Waals surface area contributed by atoms with Crippen LogP contribution in [0.2, 0.25) is 0 Å². The van der Waals surface area contributed by atoms with Gasteiger partial charge in [-0.3, -0.25) is 4.90 Å². The predicted molar refractivity (Wildman–Crippen MR) is 75.4 cm³/mol. The smallest absolute Gasteiger partial charge is 0.339 e. The average molecular weight is 279 g/mol. The minimum atomic E-state index is -0.960. The van der Waals surface area contributed by atoms with Crippen molar-refractivity contribution >= 4 is 5.97 Å². The summed E-state index contributed by atoms with van der Waals surface area (Å²) in [6.45, 7) is 5.84. The predicted octanol–water partition coefficient (Wildman–Crippen LogP) is 1.87. The summed E-state index contributed by atoms with van der Waals surface area (Å²) in [5.74, 6) is -0.528. The van der Waals surface area contributed by atoms with E-state index in [1.807, 2.05) is 0 Å². The summed E-state index contributed by atoms with van der Waals surface area (Å²) in [6, 6.07) is 7.17. The monoisotopic (exact) mass is 279 g/mol. The van der Waals surface area contributed by atoms with Crippen molar-refractivity contribution in [2.75, 3.05) is 32.9 Å². The van der Waals surface area contributed by atoms with Crippen LogP contribution in [0.25, 0.3) is 0 Å². The molecule has 5 heteroatoms. The number of benzene rings is 1. The Balaban J connectivity index is 1.88. The van der Waals surface area contributed by atoms with E-state index in [0.717, 1.165) is 32.7 Å². The second-order valence-electron chi connectivity index (χ2n) is 4.82.